The minimum atomic E-state index is -2.95. The first kappa shape index (κ1) is 19.3. The van der Waals surface area contributed by atoms with Crippen molar-refractivity contribution in [1.29, 1.82) is 0 Å². The quantitative estimate of drug-likeness (QED) is 0.529. The molecule has 6 heteroatoms. The van der Waals surface area contributed by atoms with Gasteiger partial charge in [0, 0.05) is 18.8 Å². The third-order valence-corrected chi connectivity index (χ3v) is 5.12. The Balaban J connectivity index is 2.35. The highest BCUT2D eigenvalue weighted by molar-refractivity contribution is 7.90. The molecule has 1 aliphatic rings. The summed E-state index contributed by atoms with van der Waals surface area (Å²) in [5.74, 6) is 1.71. The Kier molecular flexibility index (Phi) is 8.83. The summed E-state index contributed by atoms with van der Waals surface area (Å²) in [6.07, 6.45) is 10.6. The molecule has 5 nitrogen and oxygen atoms in total. The van der Waals surface area contributed by atoms with E-state index < -0.39 is 9.84 Å². The highest BCUT2D eigenvalue weighted by Crippen LogP contribution is 2.27. The zero-order valence-electron chi connectivity index (χ0n) is 14.4. The fourth-order valence-electron chi connectivity index (χ4n) is 2.91. The minimum absolute atomic E-state index is 0.0973. The molecule has 0 aromatic heterocycles. The molecule has 1 rings (SSSR count). The molecule has 0 aliphatic heterocycles. The van der Waals surface area contributed by atoms with Crippen LogP contribution in [0, 0.1) is 5.92 Å². The Morgan fingerprint density at radius 1 is 1.27 bits per heavy atom. The normalized spacial score (nSPS) is 19.0. The lowest BCUT2D eigenvalue weighted by Crippen LogP contribution is -2.42. The predicted molar refractivity (Wildman–Crippen MR) is 94.1 cm³/mol. The van der Waals surface area contributed by atoms with Gasteiger partial charge in [0.05, 0.1) is 12.3 Å². The minimum Gasteiger partial charge on any atom is -0.357 e. The Hall–Kier alpha value is -0.780. The van der Waals surface area contributed by atoms with Crippen molar-refractivity contribution in [3.63, 3.8) is 0 Å². The van der Waals surface area contributed by atoms with Crippen LogP contribution in [0.5, 0.6) is 0 Å². The molecule has 0 spiro atoms. The first-order valence-electron chi connectivity index (χ1n) is 8.63. The first-order valence-corrected chi connectivity index (χ1v) is 10.7. The van der Waals surface area contributed by atoms with E-state index in [2.05, 4.69) is 22.5 Å². The molecule has 0 bridgehead atoms. The van der Waals surface area contributed by atoms with Crippen molar-refractivity contribution in [2.75, 3.05) is 25.1 Å². The Labute approximate surface area is 136 Å². The monoisotopic (exact) mass is 331 g/mol. The van der Waals surface area contributed by atoms with Crippen LogP contribution in [0.25, 0.3) is 0 Å². The Morgan fingerprint density at radius 3 is 2.55 bits per heavy atom. The second kappa shape index (κ2) is 10.1. The summed E-state index contributed by atoms with van der Waals surface area (Å²) in [5, 5.41) is 6.57. The van der Waals surface area contributed by atoms with E-state index in [4.69, 9.17) is 0 Å². The van der Waals surface area contributed by atoms with Crippen molar-refractivity contribution >= 4 is 15.8 Å². The van der Waals surface area contributed by atoms with Crippen molar-refractivity contribution < 1.29 is 8.42 Å². The smallest absolute Gasteiger partial charge is 0.191 e. The zero-order valence-corrected chi connectivity index (χ0v) is 15.2. The maximum atomic E-state index is 11.2. The number of sulfone groups is 1. The maximum absolute atomic E-state index is 11.2. The van der Waals surface area contributed by atoms with Crippen LogP contribution in [0.4, 0.5) is 0 Å². The molecule has 0 aromatic carbocycles. The molecule has 130 valence electrons. The summed E-state index contributed by atoms with van der Waals surface area (Å²) in [5.41, 5.74) is 0. The van der Waals surface area contributed by atoms with Gasteiger partial charge in [-0.3, -0.25) is 4.99 Å². The number of rotatable bonds is 8. The molecule has 1 atom stereocenters. The van der Waals surface area contributed by atoms with Gasteiger partial charge < -0.3 is 10.6 Å². The third kappa shape index (κ3) is 9.28. The fraction of sp³-hybridized carbons (Fsp3) is 0.938. The van der Waals surface area contributed by atoms with Crippen LogP contribution in [0.15, 0.2) is 4.99 Å². The fourth-order valence-corrected chi connectivity index (χ4v) is 3.33. The number of aliphatic imine (C=N–C) groups is 1. The van der Waals surface area contributed by atoms with Gasteiger partial charge in [0.2, 0.25) is 0 Å². The van der Waals surface area contributed by atoms with Gasteiger partial charge >= 0.3 is 0 Å². The van der Waals surface area contributed by atoms with Gasteiger partial charge in [-0.1, -0.05) is 32.1 Å². The van der Waals surface area contributed by atoms with Gasteiger partial charge in [-0.2, -0.15) is 0 Å². The van der Waals surface area contributed by atoms with Crippen molar-refractivity contribution in [2.24, 2.45) is 10.9 Å². The number of hydrogen-bond donors (Lipinski definition) is 2. The lowest BCUT2D eigenvalue weighted by molar-refractivity contribution is 0.322. The van der Waals surface area contributed by atoms with Crippen LogP contribution in [0.2, 0.25) is 0 Å². The van der Waals surface area contributed by atoms with E-state index in [1.165, 1.54) is 44.8 Å². The second-order valence-electron chi connectivity index (χ2n) is 6.52. The van der Waals surface area contributed by atoms with Crippen LogP contribution < -0.4 is 10.6 Å². The molecule has 0 radical (unpaired) electrons. The summed E-state index contributed by atoms with van der Waals surface area (Å²) >= 11 is 0. The van der Waals surface area contributed by atoms with E-state index in [0.29, 0.717) is 12.6 Å². The molecule has 1 fully saturated rings. The molecular weight excluding hydrogens is 298 g/mol. The second-order valence-corrected chi connectivity index (χ2v) is 8.78. The number of nitrogens with one attached hydrogen (secondary N) is 2. The third-order valence-electron chi connectivity index (χ3n) is 4.19. The summed E-state index contributed by atoms with van der Waals surface area (Å²) in [6, 6.07) is 0.359. The van der Waals surface area contributed by atoms with Crippen LogP contribution >= 0.6 is 0 Å². The SMILES string of the molecule is CCNC(=NCCS(C)(=O)=O)NC(C)CCC1CCCCC1. The molecule has 1 unspecified atom stereocenters. The lowest BCUT2D eigenvalue weighted by atomic mass is 9.85. The van der Waals surface area contributed by atoms with Gasteiger partial charge in [0.15, 0.2) is 5.96 Å². The molecule has 0 amide bonds. The predicted octanol–water partition coefficient (Wildman–Crippen LogP) is 2.34. The van der Waals surface area contributed by atoms with Gasteiger partial charge in [-0.05, 0) is 32.6 Å². The van der Waals surface area contributed by atoms with E-state index in [1.807, 2.05) is 6.92 Å². The lowest BCUT2D eigenvalue weighted by Gasteiger charge is -2.24. The molecule has 22 heavy (non-hydrogen) atoms. The number of nitrogens with zero attached hydrogens (tertiary/aromatic N) is 1. The molecule has 0 saturated heterocycles. The Morgan fingerprint density at radius 2 is 1.95 bits per heavy atom. The molecular formula is C16H33N3O2S. The average Bonchev–Trinajstić information content (AvgIpc) is 2.45. The molecule has 2 N–H and O–H groups in total. The van der Waals surface area contributed by atoms with Crippen molar-refractivity contribution in [3.05, 3.63) is 0 Å². The van der Waals surface area contributed by atoms with Crippen molar-refractivity contribution in [3.8, 4) is 0 Å². The number of guanidine groups is 1. The van der Waals surface area contributed by atoms with E-state index >= 15 is 0 Å². The van der Waals surface area contributed by atoms with Gasteiger partial charge in [-0.25, -0.2) is 8.42 Å². The largest absolute Gasteiger partial charge is 0.357 e. The number of hydrogen-bond acceptors (Lipinski definition) is 3. The standard InChI is InChI=1S/C16H33N3O2S/c1-4-17-16(18-12-13-22(3,20)21)19-14(2)10-11-15-8-6-5-7-9-15/h14-15H,4-13H2,1-3H3,(H2,17,18,19). The first-order chi connectivity index (χ1) is 10.4. The summed E-state index contributed by atoms with van der Waals surface area (Å²) in [6.45, 7) is 5.27. The highest BCUT2D eigenvalue weighted by Gasteiger charge is 2.15. The van der Waals surface area contributed by atoms with Crippen molar-refractivity contribution in [1.82, 2.24) is 10.6 Å². The van der Waals surface area contributed by atoms with Gasteiger partial charge in [0.25, 0.3) is 0 Å². The summed E-state index contributed by atoms with van der Waals surface area (Å²) in [7, 11) is -2.95. The Bertz CT molecular complexity index is 429. The van der Waals surface area contributed by atoms with E-state index in [0.717, 1.165) is 24.8 Å². The van der Waals surface area contributed by atoms with Gasteiger partial charge in [0.1, 0.15) is 9.84 Å². The molecule has 0 aromatic rings. The maximum Gasteiger partial charge on any atom is 0.191 e. The topological polar surface area (TPSA) is 70.6 Å². The van der Waals surface area contributed by atoms with Crippen LogP contribution in [-0.2, 0) is 9.84 Å². The molecule has 1 aliphatic carbocycles. The summed E-state index contributed by atoms with van der Waals surface area (Å²) in [4.78, 5) is 4.35. The average molecular weight is 332 g/mol. The van der Waals surface area contributed by atoms with Crippen LogP contribution in [0.3, 0.4) is 0 Å². The van der Waals surface area contributed by atoms with Crippen LogP contribution in [-0.4, -0.2) is 45.5 Å². The molecule has 0 heterocycles. The zero-order chi connectivity index (χ0) is 16.4. The van der Waals surface area contributed by atoms with Gasteiger partial charge in [-0.15, -0.1) is 0 Å². The summed E-state index contributed by atoms with van der Waals surface area (Å²) < 4.78 is 22.3. The van der Waals surface area contributed by atoms with E-state index in [1.54, 1.807) is 0 Å². The molecule has 1 saturated carbocycles. The van der Waals surface area contributed by atoms with Crippen molar-refractivity contribution in [2.45, 2.75) is 64.8 Å². The van der Waals surface area contributed by atoms with E-state index in [-0.39, 0.29) is 5.75 Å². The van der Waals surface area contributed by atoms with E-state index in [9.17, 15) is 8.42 Å². The highest BCUT2D eigenvalue weighted by atomic mass is 32.2. The van der Waals surface area contributed by atoms with Crippen LogP contribution in [0.1, 0.15) is 58.8 Å².